The number of alkyl halides is 9. The number of quaternary nitrogens is 1. The number of carboxylic acids is 3. The highest BCUT2D eigenvalue weighted by Gasteiger charge is 2.39. The largest absolute Gasteiger partial charge is 0.490 e. The number of carbonyl (C=O) groups is 4. The number of aliphatic carboxylic acids is 3. The topological polar surface area (TPSA) is 180 Å². The van der Waals surface area contributed by atoms with E-state index in [1.807, 2.05) is 36.4 Å². The van der Waals surface area contributed by atoms with Crippen LogP contribution in [-0.2, 0) is 34.0 Å². The minimum absolute atomic E-state index is 0.133. The number of benzene rings is 3. The number of aliphatic hydroxyl groups is 1. The Morgan fingerprint density at radius 3 is 1.77 bits per heavy atom. The van der Waals surface area contributed by atoms with Crippen LogP contribution in [0.5, 0.6) is 0 Å². The lowest BCUT2D eigenvalue weighted by molar-refractivity contribution is -0.914. The zero-order valence-electron chi connectivity index (χ0n) is 34.7. The van der Waals surface area contributed by atoms with Gasteiger partial charge in [0, 0.05) is 82.6 Å². The maximum Gasteiger partial charge on any atom is 0.490 e. The van der Waals surface area contributed by atoms with Crippen LogP contribution < -0.4 is 10.6 Å². The van der Waals surface area contributed by atoms with Crippen LogP contribution in [0, 0.1) is 5.82 Å². The summed E-state index contributed by atoms with van der Waals surface area (Å²) in [5, 5.41) is 37.1. The van der Waals surface area contributed by atoms with Crippen LogP contribution in [0.1, 0.15) is 40.4 Å². The van der Waals surface area contributed by atoms with Crippen LogP contribution in [0.2, 0.25) is 0 Å². The molecule has 2 aliphatic heterocycles. The molecular weight excluding hydrogens is 880 g/mol. The van der Waals surface area contributed by atoms with Gasteiger partial charge in [0.1, 0.15) is 5.82 Å². The predicted molar refractivity (Wildman–Crippen MR) is 211 cm³/mol. The quantitative estimate of drug-likeness (QED) is 0.102. The lowest BCUT2D eigenvalue weighted by atomic mass is 10.00. The first kappa shape index (κ1) is 54.8. The van der Waals surface area contributed by atoms with Crippen molar-refractivity contribution in [3.8, 4) is 11.1 Å². The summed E-state index contributed by atoms with van der Waals surface area (Å²) in [6.45, 7) is 12.6. The molecule has 6 N–H and O–H groups in total. The molecule has 0 saturated carbocycles. The highest BCUT2D eigenvalue weighted by atomic mass is 19.4. The summed E-state index contributed by atoms with van der Waals surface area (Å²) >= 11 is 0. The van der Waals surface area contributed by atoms with Gasteiger partial charge in [0.15, 0.2) is 0 Å². The molecule has 0 radical (unpaired) electrons. The van der Waals surface area contributed by atoms with E-state index in [0.29, 0.717) is 23.7 Å². The zero-order valence-corrected chi connectivity index (χ0v) is 34.7. The highest BCUT2D eigenvalue weighted by Crippen LogP contribution is 2.26. The summed E-state index contributed by atoms with van der Waals surface area (Å²) in [5.41, 5.74) is 5.19. The van der Waals surface area contributed by atoms with Crippen molar-refractivity contribution in [1.82, 2.24) is 20.4 Å². The first-order valence-corrected chi connectivity index (χ1v) is 19.4. The molecule has 2 heterocycles. The fraction of sp³-hybridized carbons (Fsp3) is 0.463. The molecule has 1 amide bonds. The number of piperazine rings is 2. The number of rotatable bonds is 11. The highest BCUT2D eigenvalue weighted by molar-refractivity contribution is 5.94. The Morgan fingerprint density at radius 1 is 0.734 bits per heavy atom. The summed E-state index contributed by atoms with van der Waals surface area (Å²) < 4.78 is 111. The number of carboxylic acid groups (broad SMARTS) is 3. The lowest BCUT2D eigenvalue weighted by Crippen LogP contribution is -2.57. The first-order chi connectivity index (χ1) is 29.6. The Labute approximate surface area is 361 Å². The second-order valence-electron chi connectivity index (χ2n) is 15.0. The second-order valence-corrected chi connectivity index (χ2v) is 15.0. The van der Waals surface area contributed by atoms with Gasteiger partial charge in [-0.2, -0.15) is 39.5 Å². The zero-order chi connectivity index (χ0) is 48.5. The number of likely N-dealkylation sites (N-methyl/N-ethyl adjacent to an activating group) is 1. The standard InChI is InChI=1S/C35H46FN5O2.3C2HF3O2/c1-27-24-40(13-12-37-27)26-29-6-3-8-31(20-29)33-22-28(10-11-34(33)36)23-38-35(43)32-9-4-7-30(21-32)25-39-14-17-41(2,18-15-39)16-5-19-42;3*3-2(4,5)1(6)7/h3-4,6-11,20-22,27,37,42H,5,12-19,23-26H2,1-2H3;3*(H,6,7)/p+1/t27-;;;/m0.../s1. The normalized spacial score (nSPS) is 16.7. The molecule has 0 aliphatic carbocycles. The molecule has 2 saturated heterocycles. The minimum Gasteiger partial charge on any atom is -0.475 e. The van der Waals surface area contributed by atoms with Crippen LogP contribution in [0.3, 0.4) is 0 Å². The molecule has 0 bridgehead atoms. The van der Waals surface area contributed by atoms with Gasteiger partial charge in [-0.05, 0) is 59.5 Å². The summed E-state index contributed by atoms with van der Waals surface area (Å²) in [5.74, 6) is -8.67. The fourth-order valence-corrected chi connectivity index (χ4v) is 6.33. The first-order valence-electron chi connectivity index (χ1n) is 19.4. The van der Waals surface area contributed by atoms with E-state index in [2.05, 4.69) is 52.6 Å². The van der Waals surface area contributed by atoms with Gasteiger partial charge < -0.3 is 35.5 Å². The number of aliphatic hydroxyl groups excluding tert-OH is 1. The Hall–Kier alpha value is -5.36. The molecular formula is C41H50F10N5O8+. The average molecular weight is 931 g/mol. The van der Waals surface area contributed by atoms with Crippen LogP contribution in [0.15, 0.2) is 66.7 Å². The van der Waals surface area contributed by atoms with E-state index >= 15 is 0 Å². The van der Waals surface area contributed by atoms with Crippen molar-refractivity contribution in [2.75, 3.05) is 66.0 Å². The molecule has 356 valence electrons. The number of hydrogen-bond donors (Lipinski definition) is 6. The molecule has 2 fully saturated rings. The Morgan fingerprint density at radius 2 is 1.25 bits per heavy atom. The van der Waals surface area contributed by atoms with E-state index in [4.69, 9.17) is 29.7 Å². The number of hydrogen-bond acceptors (Lipinski definition) is 8. The third-order valence-electron chi connectivity index (χ3n) is 9.67. The molecule has 2 aliphatic rings. The van der Waals surface area contributed by atoms with Gasteiger partial charge in [0.25, 0.3) is 5.91 Å². The van der Waals surface area contributed by atoms with E-state index in [0.717, 1.165) is 93.0 Å². The van der Waals surface area contributed by atoms with Crippen molar-refractivity contribution in [3.63, 3.8) is 0 Å². The predicted octanol–water partition coefficient (Wildman–Crippen LogP) is 5.76. The van der Waals surface area contributed by atoms with Gasteiger partial charge in [-0.3, -0.25) is 14.6 Å². The fourth-order valence-electron chi connectivity index (χ4n) is 6.33. The summed E-state index contributed by atoms with van der Waals surface area (Å²) in [6.07, 6.45) is -14.4. The molecule has 23 heteroatoms. The van der Waals surface area contributed by atoms with Crippen molar-refractivity contribution in [1.29, 1.82) is 0 Å². The number of halogens is 10. The smallest absolute Gasteiger partial charge is 0.475 e. The van der Waals surface area contributed by atoms with Crippen molar-refractivity contribution in [2.24, 2.45) is 0 Å². The summed E-state index contributed by atoms with van der Waals surface area (Å²) in [6, 6.07) is 21.5. The number of amides is 1. The number of nitrogens with zero attached hydrogens (tertiary/aromatic N) is 3. The second kappa shape index (κ2) is 24.6. The average Bonchev–Trinajstić information content (AvgIpc) is 3.20. The molecule has 64 heavy (non-hydrogen) atoms. The molecule has 3 aromatic rings. The Balaban J connectivity index is 0.000000553. The van der Waals surface area contributed by atoms with Gasteiger partial charge in [0.05, 0.1) is 26.7 Å². The van der Waals surface area contributed by atoms with Gasteiger partial charge in [-0.1, -0.05) is 36.4 Å². The van der Waals surface area contributed by atoms with Crippen molar-refractivity contribution >= 4 is 23.8 Å². The minimum atomic E-state index is -5.08. The van der Waals surface area contributed by atoms with Crippen LogP contribution in [-0.4, -0.2) is 149 Å². The third-order valence-corrected chi connectivity index (χ3v) is 9.67. The van der Waals surface area contributed by atoms with E-state index in [9.17, 15) is 53.8 Å². The summed E-state index contributed by atoms with van der Waals surface area (Å²) in [7, 11) is 2.27. The van der Waals surface area contributed by atoms with E-state index in [-0.39, 0.29) is 18.3 Å². The molecule has 0 aromatic heterocycles. The SMILES string of the molecule is C[C@H]1CN(Cc2cccc(-c3cc(CNC(=O)c4cccc(CN5CC[N+](C)(CCCO)CC5)c4)ccc3F)c2)CCN1.O=C(O)C(F)(F)F.O=C(O)C(F)(F)F.O=C(O)C(F)(F)F. The molecule has 0 unspecified atom stereocenters. The maximum atomic E-state index is 15.0. The molecule has 1 atom stereocenters. The van der Waals surface area contributed by atoms with Crippen molar-refractivity contribution < 1.29 is 88.0 Å². The van der Waals surface area contributed by atoms with Crippen molar-refractivity contribution in [3.05, 3.63) is 94.8 Å². The van der Waals surface area contributed by atoms with E-state index < -0.39 is 36.4 Å². The Kier molecular flexibility index (Phi) is 21.1. The monoisotopic (exact) mass is 930 g/mol. The Bertz CT molecular complexity index is 1930. The lowest BCUT2D eigenvalue weighted by Gasteiger charge is -2.42. The molecule has 5 rings (SSSR count). The molecule has 0 spiro atoms. The maximum absolute atomic E-state index is 15.0. The van der Waals surface area contributed by atoms with Crippen LogP contribution in [0.4, 0.5) is 43.9 Å². The number of carbonyl (C=O) groups excluding carboxylic acids is 1. The van der Waals surface area contributed by atoms with Crippen LogP contribution in [0.25, 0.3) is 11.1 Å². The van der Waals surface area contributed by atoms with Gasteiger partial charge >= 0.3 is 36.4 Å². The number of nitrogens with one attached hydrogen (secondary N) is 2. The van der Waals surface area contributed by atoms with Gasteiger partial charge in [-0.15, -0.1) is 0 Å². The van der Waals surface area contributed by atoms with Gasteiger partial charge in [-0.25, -0.2) is 18.8 Å². The summed E-state index contributed by atoms with van der Waals surface area (Å²) in [4.78, 5) is 44.7. The third kappa shape index (κ3) is 20.0. The van der Waals surface area contributed by atoms with E-state index in [1.54, 1.807) is 6.07 Å². The molecule has 3 aromatic carbocycles. The van der Waals surface area contributed by atoms with Gasteiger partial charge in [0.2, 0.25) is 0 Å². The van der Waals surface area contributed by atoms with Crippen LogP contribution >= 0.6 is 0 Å². The van der Waals surface area contributed by atoms with E-state index in [1.165, 1.54) is 11.6 Å². The van der Waals surface area contributed by atoms with Crippen molar-refractivity contribution in [2.45, 2.75) is 57.5 Å². The molecule has 13 nitrogen and oxygen atoms in total.